The number of hydrogen-bond donors (Lipinski definition) is 0. The molecule has 4 heteroatoms. The molecule has 2 nitrogen and oxygen atoms in total. The predicted molar refractivity (Wildman–Crippen MR) is 66.0 cm³/mol. The summed E-state index contributed by atoms with van der Waals surface area (Å²) in [6.45, 7) is 3.24. The molecule has 0 atom stereocenters. The van der Waals surface area contributed by atoms with Gasteiger partial charge in [-0.05, 0) is 24.6 Å². The van der Waals surface area contributed by atoms with E-state index < -0.39 is 0 Å². The van der Waals surface area contributed by atoms with Crippen LogP contribution in [0.1, 0.15) is 11.1 Å². The number of rotatable bonds is 3. The molecule has 1 aliphatic heterocycles. The van der Waals surface area contributed by atoms with Gasteiger partial charge in [0, 0.05) is 16.5 Å². The van der Waals surface area contributed by atoms with E-state index in [2.05, 4.69) is 0 Å². The van der Waals surface area contributed by atoms with Crippen molar-refractivity contribution in [1.29, 1.82) is 0 Å². The molecule has 0 amide bonds. The largest absolute Gasteiger partial charge is 0.496 e. The molecule has 1 aromatic rings. The summed E-state index contributed by atoms with van der Waals surface area (Å²) in [4.78, 5) is 0. The maximum absolute atomic E-state index is 6.08. The first-order valence-corrected chi connectivity index (χ1v) is 6.02. The third kappa shape index (κ3) is 1.79. The number of halogens is 2. The van der Waals surface area contributed by atoms with Crippen LogP contribution in [-0.4, -0.2) is 26.2 Å². The Balaban J connectivity index is 2.53. The molecule has 1 heterocycles. The van der Waals surface area contributed by atoms with Crippen molar-refractivity contribution in [1.82, 2.24) is 0 Å². The normalized spacial score (nSPS) is 18.0. The first-order chi connectivity index (χ1) is 7.63. The Morgan fingerprint density at radius 2 is 2.12 bits per heavy atom. The summed E-state index contributed by atoms with van der Waals surface area (Å²) < 4.78 is 10.7. The lowest BCUT2D eigenvalue weighted by Gasteiger charge is -2.41. The van der Waals surface area contributed by atoms with E-state index in [1.165, 1.54) is 0 Å². The van der Waals surface area contributed by atoms with Gasteiger partial charge < -0.3 is 9.47 Å². The van der Waals surface area contributed by atoms with E-state index in [1.54, 1.807) is 7.11 Å². The van der Waals surface area contributed by atoms with Gasteiger partial charge in [-0.2, -0.15) is 0 Å². The first kappa shape index (κ1) is 12.0. The fraction of sp³-hybridized carbons (Fsp3) is 0.500. The van der Waals surface area contributed by atoms with E-state index >= 15 is 0 Å². The van der Waals surface area contributed by atoms with Gasteiger partial charge in [0.15, 0.2) is 0 Å². The second kappa shape index (κ2) is 4.44. The molecular formula is C12H14Cl2O2. The minimum absolute atomic E-state index is 0.136. The number of benzene rings is 1. The van der Waals surface area contributed by atoms with Crippen molar-refractivity contribution in [3.05, 3.63) is 28.3 Å². The topological polar surface area (TPSA) is 18.5 Å². The molecule has 0 aromatic heterocycles. The molecule has 0 unspecified atom stereocenters. The van der Waals surface area contributed by atoms with Gasteiger partial charge in [0.2, 0.25) is 0 Å². The minimum atomic E-state index is -0.136. The Morgan fingerprint density at radius 1 is 1.44 bits per heavy atom. The molecule has 0 bridgehead atoms. The second-order valence-electron chi connectivity index (χ2n) is 4.21. The lowest BCUT2D eigenvalue weighted by molar-refractivity contribution is -0.0489. The number of hydrogen-bond acceptors (Lipinski definition) is 2. The van der Waals surface area contributed by atoms with Crippen LogP contribution < -0.4 is 4.74 Å². The standard InChI is InChI=1S/C12H14Cl2O2/c1-8-3-9(14)4-10(11(8)15-2)12(5-13)6-16-7-12/h3-4H,5-7H2,1-2H3. The minimum Gasteiger partial charge on any atom is -0.496 e. The molecule has 0 N–H and O–H groups in total. The summed E-state index contributed by atoms with van der Waals surface area (Å²) in [6, 6.07) is 3.82. The molecule has 2 rings (SSSR count). The third-order valence-electron chi connectivity index (χ3n) is 3.03. The smallest absolute Gasteiger partial charge is 0.125 e. The Morgan fingerprint density at radius 3 is 2.56 bits per heavy atom. The summed E-state index contributed by atoms with van der Waals surface area (Å²) in [5, 5.41) is 0.713. The van der Waals surface area contributed by atoms with Crippen LogP contribution in [0.15, 0.2) is 12.1 Å². The molecular weight excluding hydrogens is 247 g/mol. The molecule has 0 radical (unpaired) electrons. The first-order valence-electron chi connectivity index (χ1n) is 5.11. The Kier molecular flexibility index (Phi) is 3.34. The summed E-state index contributed by atoms with van der Waals surface area (Å²) >= 11 is 12.1. The number of aryl methyl sites for hydroxylation is 1. The third-order valence-corrected chi connectivity index (χ3v) is 3.76. The highest BCUT2D eigenvalue weighted by molar-refractivity contribution is 6.30. The van der Waals surface area contributed by atoms with E-state index in [9.17, 15) is 0 Å². The van der Waals surface area contributed by atoms with Crippen molar-refractivity contribution in [3.63, 3.8) is 0 Å². The molecule has 0 spiro atoms. The highest BCUT2D eigenvalue weighted by Gasteiger charge is 2.42. The van der Waals surface area contributed by atoms with Crippen molar-refractivity contribution < 1.29 is 9.47 Å². The Bertz CT molecular complexity index is 395. The van der Waals surface area contributed by atoms with Crippen molar-refractivity contribution in [2.45, 2.75) is 12.3 Å². The number of methoxy groups -OCH3 is 1. The predicted octanol–water partition coefficient (Wildman–Crippen LogP) is 3.16. The molecule has 16 heavy (non-hydrogen) atoms. The van der Waals surface area contributed by atoms with E-state index in [0.717, 1.165) is 16.9 Å². The fourth-order valence-corrected chi connectivity index (χ4v) is 2.62. The maximum Gasteiger partial charge on any atom is 0.125 e. The molecule has 1 aliphatic rings. The second-order valence-corrected chi connectivity index (χ2v) is 4.91. The van der Waals surface area contributed by atoms with Crippen LogP contribution in [-0.2, 0) is 10.2 Å². The average Bonchev–Trinajstić information content (AvgIpc) is 2.16. The van der Waals surface area contributed by atoms with Gasteiger partial charge in [-0.25, -0.2) is 0 Å². The lowest BCUT2D eigenvalue weighted by atomic mass is 9.79. The Hall–Kier alpha value is -0.440. The lowest BCUT2D eigenvalue weighted by Crippen LogP contribution is -2.48. The SMILES string of the molecule is COc1c(C)cc(Cl)cc1C1(CCl)COC1. The monoisotopic (exact) mass is 260 g/mol. The zero-order valence-corrected chi connectivity index (χ0v) is 10.9. The number of ether oxygens (including phenoxy) is 2. The van der Waals surface area contributed by atoms with E-state index in [4.69, 9.17) is 32.7 Å². The van der Waals surface area contributed by atoms with E-state index in [-0.39, 0.29) is 5.41 Å². The zero-order chi connectivity index (χ0) is 11.8. The fourth-order valence-electron chi connectivity index (χ4n) is 2.05. The summed E-state index contributed by atoms with van der Waals surface area (Å²) in [5.41, 5.74) is 1.95. The van der Waals surface area contributed by atoms with Gasteiger partial charge in [-0.3, -0.25) is 0 Å². The molecule has 1 fully saturated rings. The van der Waals surface area contributed by atoms with Gasteiger partial charge in [-0.15, -0.1) is 11.6 Å². The average molecular weight is 261 g/mol. The highest BCUT2D eigenvalue weighted by Crippen LogP contribution is 2.41. The van der Waals surface area contributed by atoms with Gasteiger partial charge >= 0.3 is 0 Å². The zero-order valence-electron chi connectivity index (χ0n) is 9.35. The number of alkyl halides is 1. The quantitative estimate of drug-likeness (QED) is 0.778. The van der Waals surface area contributed by atoms with Crippen LogP contribution in [0.25, 0.3) is 0 Å². The van der Waals surface area contributed by atoms with Crippen LogP contribution in [0.2, 0.25) is 5.02 Å². The highest BCUT2D eigenvalue weighted by atomic mass is 35.5. The van der Waals surface area contributed by atoms with Crippen LogP contribution in [0.5, 0.6) is 5.75 Å². The van der Waals surface area contributed by atoms with E-state index in [1.807, 2.05) is 19.1 Å². The van der Waals surface area contributed by atoms with Crippen LogP contribution in [0.4, 0.5) is 0 Å². The van der Waals surface area contributed by atoms with Crippen LogP contribution >= 0.6 is 23.2 Å². The van der Waals surface area contributed by atoms with Crippen molar-refractivity contribution in [2.24, 2.45) is 0 Å². The summed E-state index contributed by atoms with van der Waals surface area (Å²) in [7, 11) is 1.67. The van der Waals surface area contributed by atoms with Crippen molar-refractivity contribution >= 4 is 23.2 Å². The van der Waals surface area contributed by atoms with Gasteiger partial charge in [0.1, 0.15) is 5.75 Å². The van der Waals surface area contributed by atoms with E-state index in [0.29, 0.717) is 24.1 Å². The van der Waals surface area contributed by atoms with Crippen LogP contribution in [0, 0.1) is 6.92 Å². The van der Waals surface area contributed by atoms with Crippen LogP contribution in [0.3, 0.4) is 0 Å². The maximum atomic E-state index is 6.08. The Labute approximate surface area is 105 Å². The summed E-state index contributed by atoms with van der Waals surface area (Å²) in [5.74, 6) is 1.39. The molecule has 0 aliphatic carbocycles. The summed E-state index contributed by atoms with van der Waals surface area (Å²) in [6.07, 6.45) is 0. The molecule has 0 saturated carbocycles. The molecule has 1 aromatic carbocycles. The van der Waals surface area contributed by atoms with Gasteiger partial charge in [0.05, 0.1) is 25.7 Å². The molecule has 88 valence electrons. The van der Waals surface area contributed by atoms with Gasteiger partial charge in [0.25, 0.3) is 0 Å². The van der Waals surface area contributed by atoms with Crippen molar-refractivity contribution in [2.75, 3.05) is 26.2 Å². The van der Waals surface area contributed by atoms with Gasteiger partial charge in [-0.1, -0.05) is 11.6 Å². The van der Waals surface area contributed by atoms with Crippen molar-refractivity contribution in [3.8, 4) is 5.75 Å². The molecule has 1 saturated heterocycles.